The van der Waals surface area contributed by atoms with Gasteiger partial charge in [-0.2, -0.15) is 0 Å². The van der Waals surface area contributed by atoms with Crippen LogP contribution >= 0.6 is 0 Å². The minimum Gasteiger partial charge on any atom is -0.465 e. The maximum atomic E-state index is 13.4. The zero-order valence-corrected chi connectivity index (χ0v) is 19.1. The van der Waals surface area contributed by atoms with Crippen LogP contribution in [0.25, 0.3) is 0 Å². The third-order valence-electron chi connectivity index (χ3n) is 4.90. The van der Waals surface area contributed by atoms with Crippen LogP contribution in [0.2, 0.25) is 0 Å². The van der Waals surface area contributed by atoms with Crippen LogP contribution in [0.15, 0.2) is 77.7 Å². The van der Waals surface area contributed by atoms with E-state index in [1.807, 2.05) is 0 Å². The molecule has 10 nitrogen and oxygen atoms in total. The summed E-state index contributed by atoms with van der Waals surface area (Å²) in [4.78, 5) is 35.5. The van der Waals surface area contributed by atoms with E-state index >= 15 is 0 Å². The Balaban J connectivity index is 2.02. The summed E-state index contributed by atoms with van der Waals surface area (Å²) < 4.78 is 32.2. The SMILES string of the molecule is COC(=O)c1ccc(C)c(NC(=O)CN(c2ccccc2[N+](=O)[O-])S(=O)(=O)c2ccccc2)c1. The predicted octanol–water partition coefficient (Wildman–Crippen LogP) is 3.52. The Bertz CT molecular complexity index is 1340. The number of aryl methyl sites for hydroxylation is 1. The molecule has 0 unspecified atom stereocenters. The highest BCUT2D eigenvalue weighted by Gasteiger charge is 2.32. The standard InChI is InChI=1S/C23H21N3O7S/c1-16-12-13-17(23(28)33-2)14-19(16)24-22(27)15-25(20-10-6-7-11-21(20)26(29)30)34(31,32)18-8-4-3-5-9-18/h3-14H,15H2,1-2H3,(H,24,27). The Kier molecular flexibility index (Phi) is 7.27. The lowest BCUT2D eigenvalue weighted by Crippen LogP contribution is -2.38. The van der Waals surface area contributed by atoms with Gasteiger partial charge >= 0.3 is 5.97 Å². The molecule has 0 heterocycles. The van der Waals surface area contributed by atoms with Crippen molar-refractivity contribution in [2.24, 2.45) is 0 Å². The minimum absolute atomic E-state index is 0.134. The molecule has 0 aromatic heterocycles. The lowest BCUT2D eigenvalue weighted by molar-refractivity contribution is -0.384. The third kappa shape index (κ3) is 5.21. The Morgan fingerprint density at radius 2 is 1.68 bits per heavy atom. The number of ether oxygens (including phenoxy) is 1. The number of rotatable bonds is 8. The van der Waals surface area contributed by atoms with Gasteiger partial charge in [-0.3, -0.25) is 14.9 Å². The van der Waals surface area contributed by atoms with Gasteiger partial charge in [0, 0.05) is 11.8 Å². The summed E-state index contributed by atoms with van der Waals surface area (Å²) in [6.45, 7) is 0.946. The van der Waals surface area contributed by atoms with Gasteiger partial charge in [-0.1, -0.05) is 36.4 Å². The van der Waals surface area contributed by atoms with E-state index in [-0.39, 0.29) is 21.8 Å². The number of nitro groups is 1. The number of hydrogen-bond donors (Lipinski definition) is 1. The van der Waals surface area contributed by atoms with E-state index in [4.69, 9.17) is 0 Å². The quantitative estimate of drug-likeness (QED) is 0.294. The predicted molar refractivity (Wildman–Crippen MR) is 125 cm³/mol. The fraction of sp³-hybridized carbons (Fsp3) is 0.130. The number of benzene rings is 3. The van der Waals surface area contributed by atoms with Gasteiger partial charge < -0.3 is 10.1 Å². The maximum Gasteiger partial charge on any atom is 0.337 e. The van der Waals surface area contributed by atoms with Gasteiger partial charge in [0.25, 0.3) is 15.7 Å². The Morgan fingerprint density at radius 3 is 2.32 bits per heavy atom. The topological polar surface area (TPSA) is 136 Å². The first-order chi connectivity index (χ1) is 16.1. The first kappa shape index (κ1) is 24.4. The fourth-order valence-electron chi connectivity index (χ4n) is 3.17. The Morgan fingerprint density at radius 1 is 1.03 bits per heavy atom. The average Bonchev–Trinajstić information content (AvgIpc) is 2.83. The van der Waals surface area contributed by atoms with Crippen molar-refractivity contribution >= 4 is 39.0 Å². The van der Waals surface area contributed by atoms with E-state index in [1.54, 1.807) is 19.1 Å². The number of hydrogen-bond acceptors (Lipinski definition) is 7. The van der Waals surface area contributed by atoms with Gasteiger partial charge in [-0.15, -0.1) is 0 Å². The van der Waals surface area contributed by atoms with Crippen LogP contribution < -0.4 is 9.62 Å². The first-order valence-electron chi connectivity index (χ1n) is 9.95. The molecule has 1 N–H and O–H groups in total. The molecule has 3 aromatic rings. The molecule has 176 valence electrons. The number of carbonyl (C=O) groups excluding carboxylic acids is 2. The Labute approximate surface area is 196 Å². The molecule has 0 bridgehead atoms. The number of nitrogens with zero attached hydrogens (tertiary/aromatic N) is 2. The van der Waals surface area contributed by atoms with Crippen molar-refractivity contribution in [2.75, 3.05) is 23.3 Å². The average molecular weight is 484 g/mol. The number of anilines is 2. The number of nitro benzene ring substituents is 1. The van der Waals surface area contributed by atoms with Crippen molar-refractivity contribution in [1.82, 2.24) is 0 Å². The molecule has 0 aliphatic heterocycles. The van der Waals surface area contributed by atoms with E-state index in [0.29, 0.717) is 9.87 Å². The number of amides is 1. The highest BCUT2D eigenvalue weighted by molar-refractivity contribution is 7.92. The second-order valence-electron chi connectivity index (χ2n) is 7.14. The zero-order chi connectivity index (χ0) is 24.9. The van der Waals surface area contributed by atoms with Crippen LogP contribution in [-0.4, -0.2) is 38.9 Å². The van der Waals surface area contributed by atoms with Gasteiger partial charge in [-0.25, -0.2) is 17.5 Å². The van der Waals surface area contributed by atoms with Crippen molar-refractivity contribution < 1.29 is 27.7 Å². The largest absolute Gasteiger partial charge is 0.465 e. The summed E-state index contributed by atoms with van der Waals surface area (Å²) in [6.07, 6.45) is 0. The van der Waals surface area contributed by atoms with Gasteiger partial charge in [0.2, 0.25) is 5.91 Å². The summed E-state index contributed by atoms with van der Waals surface area (Å²) in [5, 5.41) is 14.2. The fourth-order valence-corrected chi connectivity index (χ4v) is 4.63. The summed E-state index contributed by atoms with van der Waals surface area (Å²) in [5.74, 6) is -1.37. The highest BCUT2D eigenvalue weighted by Crippen LogP contribution is 2.32. The van der Waals surface area contributed by atoms with E-state index < -0.39 is 39.1 Å². The van der Waals surface area contributed by atoms with Crippen molar-refractivity contribution in [1.29, 1.82) is 0 Å². The van der Waals surface area contributed by atoms with E-state index in [2.05, 4.69) is 10.1 Å². The number of nitrogens with one attached hydrogen (secondary N) is 1. The summed E-state index contributed by atoms with van der Waals surface area (Å²) >= 11 is 0. The van der Waals surface area contributed by atoms with Gasteiger partial charge in [0.1, 0.15) is 12.2 Å². The van der Waals surface area contributed by atoms with Crippen LogP contribution in [0.4, 0.5) is 17.1 Å². The van der Waals surface area contributed by atoms with Crippen molar-refractivity contribution in [3.05, 3.63) is 94.0 Å². The number of para-hydroxylation sites is 2. The third-order valence-corrected chi connectivity index (χ3v) is 6.67. The lowest BCUT2D eigenvalue weighted by Gasteiger charge is -2.24. The molecule has 0 fully saturated rings. The molecule has 0 aliphatic carbocycles. The molecular formula is C23H21N3O7S. The van der Waals surface area contributed by atoms with Crippen molar-refractivity contribution in [3.63, 3.8) is 0 Å². The normalized spacial score (nSPS) is 10.9. The molecule has 0 spiro atoms. The molecule has 1 amide bonds. The molecular weight excluding hydrogens is 462 g/mol. The molecule has 34 heavy (non-hydrogen) atoms. The number of sulfonamides is 1. The van der Waals surface area contributed by atoms with Gasteiger partial charge in [0.05, 0.1) is 22.5 Å². The lowest BCUT2D eigenvalue weighted by atomic mass is 10.1. The van der Waals surface area contributed by atoms with E-state index in [9.17, 15) is 28.1 Å². The molecule has 0 aliphatic rings. The molecule has 0 saturated carbocycles. The Hall–Kier alpha value is -4.25. The van der Waals surface area contributed by atoms with Crippen molar-refractivity contribution in [2.45, 2.75) is 11.8 Å². The molecule has 11 heteroatoms. The maximum absolute atomic E-state index is 13.4. The van der Waals surface area contributed by atoms with E-state index in [0.717, 1.165) is 6.07 Å². The van der Waals surface area contributed by atoms with Crippen molar-refractivity contribution in [3.8, 4) is 0 Å². The van der Waals surface area contributed by atoms with Gasteiger partial charge in [0.15, 0.2) is 0 Å². The molecule has 0 radical (unpaired) electrons. The van der Waals surface area contributed by atoms with E-state index in [1.165, 1.54) is 61.7 Å². The molecule has 3 aromatic carbocycles. The first-order valence-corrected chi connectivity index (χ1v) is 11.4. The summed E-state index contributed by atoms with van der Waals surface area (Å²) in [7, 11) is -3.12. The molecule has 0 atom stereocenters. The smallest absolute Gasteiger partial charge is 0.337 e. The summed E-state index contributed by atoms with van der Waals surface area (Å²) in [5.41, 5.74) is 0.345. The van der Waals surface area contributed by atoms with Crippen LogP contribution in [0.3, 0.4) is 0 Å². The second-order valence-corrected chi connectivity index (χ2v) is 9.00. The minimum atomic E-state index is -4.34. The van der Waals surface area contributed by atoms with Crippen LogP contribution in [-0.2, 0) is 19.6 Å². The number of esters is 1. The zero-order valence-electron chi connectivity index (χ0n) is 18.3. The number of methoxy groups -OCH3 is 1. The molecule has 3 rings (SSSR count). The summed E-state index contributed by atoms with van der Waals surface area (Å²) in [6, 6.07) is 17.1. The highest BCUT2D eigenvalue weighted by atomic mass is 32.2. The monoisotopic (exact) mass is 483 g/mol. The van der Waals surface area contributed by atoms with Crippen LogP contribution in [0.5, 0.6) is 0 Å². The van der Waals surface area contributed by atoms with Gasteiger partial charge in [-0.05, 0) is 42.8 Å². The second kappa shape index (κ2) is 10.1. The van der Waals surface area contributed by atoms with Crippen LogP contribution in [0.1, 0.15) is 15.9 Å². The van der Waals surface area contributed by atoms with Crippen LogP contribution in [0, 0.1) is 17.0 Å². The molecule has 0 saturated heterocycles. The number of carbonyl (C=O) groups is 2.